The third-order valence-electron chi connectivity index (χ3n) is 5.04. The molecule has 1 heterocycles. The number of aromatic nitrogens is 2. The second-order valence-electron chi connectivity index (χ2n) is 6.40. The summed E-state index contributed by atoms with van der Waals surface area (Å²) in [4.78, 5) is 4.74. The molecule has 0 radical (unpaired) electrons. The molecule has 0 saturated heterocycles. The number of halogens is 1. The predicted molar refractivity (Wildman–Crippen MR) is 85.2 cm³/mol. The molecule has 20 heavy (non-hydrogen) atoms. The van der Waals surface area contributed by atoms with Gasteiger partial charge in [0.1, 0.15) is 5.82 Å². The smallest absolute Gasteiger partial charge is 0.125 e. The lowest BCUT2D eigenvalue weighted by Crippen LogP contribution is -2.24. The summed E-state index contributed by atoms with van der Waals surface area (Å²) in [5.74, 6) is 3.14. The zero-order chi connectivity index (χ0) is 14.3. The minimum atomic E-state index is 0.495. The number of nitrogens with zero attached hydrogens (tertiary/aromatic N) is 2. The van der Waals surface area contributed by atoms with Gasteiger partial charge < -0.3 is 4.57 Å². The Morgan fingerprint density at radius 1 is 1.25 bits per heavy atom. The first kappa shape index (κ1) is 13.9. The van der Waals surface area contributed by atoms with Gasteiger partial charge in [-0.25, -0.2) is 4.98 Å². The number of hydrogen-bond acceptors (Lipinski definition) is 1. The summed E-state index contributed by atoms with van der Waals surface area (Å²) in [6.45, 7) is 6.93. The number of imidazole rings is 1. The second kappa shape index (κ2) is 5.40. The highest BCUT2D eigenvalue weighted by molar-refractivity contribution is 6.16. The average molecular weight is 291 g/mol. The molecular formula is C17H23ClN2. The molecule has 3 atom stereocenters. The van der Waals surface area contributed by atoms with Crippen LogP contribution in [0.3, 0.4) is 0 Å². The Bertz CT molecular complexity index is 617. The molecule has 3 unspecified atom stereocenters. The first-order valence-corrected chi connectivity index (χ1v) is 8.17. The van der Waals surface area contributed by atoms with Crippen LogP contribution < -0.4 is 0 Å². The van der Waals surface area contributed by atoms with Crippen molar-refractivity contribution in [3.05, 3.63) is 29.6 Å². The van der Waals surface area contributed by atoms with E-state index in [-0.39, 0.29) is 0 Å². The first-order chi connectivity index (χ1) is 9.61. The van der Waals surface area contributed by atoms with Gasteiger partial charge in [-0.3, -0.25) is 0 Å². The molecule has 1 saturated carbocycles. The van der Waals surface area contributed by atoms with E-state index >= 15 is 0 Å². The predicted octanol–water partition coefficient (Wildman–Crippen LogP) is 5.08. The Balaban J connectivity index is 2.10. The number of aryl methyl sites for hydroxylation is 1. The molecule has 3 rings (SSSR count). The highest BCUT2D eigenvalue weighted by atomic mass is 35.5. The standard InChI is InChI=1S/C17H23ClN2/c1-11-7-8-14(9-13(11)3)20-16(10-18)19-15-6-4-5-12(2)17(15)20/h4-6,11,13-14H,7-10H2,1-3H3. The second-order valence-corrected chi connectivity index (χ2v) is 6.66. The third-order valence-corrected chi connectivity index (χ3v) is 5.28. The molecule has 1 aromatic carbocycles. The summed E-state index contributed by atoms with van der Waals surface area (Å²) in [5.41, 5.74) is 3.68. The highest BCUT2D eigenvalue weighted by Gasteiger charge is 2.28. The van der Waals surface area contributed by atoms with Crippen molar-refractivity contribution in [1.82, 2.24) is 9.55 Å². The summed E-state index contributed by atoms with van der Waals surface area (Å²) in [7, 11) is 0. The van der Waals surface area contributed by atoms with Crippen LogP contribution in [0.1, 0.15) is 50.5 Å². The number of hydrogen-bond donors (Lipinski definition) is 0. The van der Waals surface area contributed by atoms with E-state index in [9.17, 15) is 0 Å². The monoisotopic (exact) mass is 290 g/mol. The van der Waals surface area contributed by atoms with Crippen molar-refractivity contribution in [1.29, 1.82) is 0 Å². The lowest BCUT2D eigenvalue weighted by molar-refractivity contribution is 0.211. The van der Waals surface area contributed by atoms with Crippen molar-refractivity contribution >= 4 is 22.6 Å². The quantitative estimate of drug-likeness (QED) is 0.705. The molecule has 2 nitrogen and oxygen atoms in total. The topological polar surface area (TPSA) is 17.8 Å². The van der Waals surface area contributed by atoms with Gasteiger partial charge in [-0.1, -0.05) is 26.0 Å². The Hall–Kier alpha value is -1.02. The molecule has 1 aliphatic carbocycles. The van der Waals surface area contributed by atoms with E-state index in [1.165, 1.54) is 30.3 Å². The van der Waals surface area contributed by atoms with Crippen molar-refractivity contribution in [2.75, 3.05) is 0 Å². The lowest BCUT2D eigenvalue weighted by Gasteiger charge is -2.34. The van der Waals surface area contributed by atoms with Crippen LogP contribution in [-0.4, -0.2) is 9.55 Å². The lowest BCUT2D eigenvalue weighted by atomic mass is 9.79. The summed E-state index contributed by atoms with van der Waals surface area (Å²) in [6.07, 6.45) is 3.79. The Morgan fingerprint density at radius 2 is 2.05 bits per heavy atom. The summed E-state index contributed by atoms with van der Waals surface area (Å²) in [5, 5.41) is 0. The van der Waals surface area contributed by atoms with Gasteiger partial charge in [-0.05, 0) is 49.7 Å². The van der Waals surface area contributed by atoms with Crippen LogP contribution in [0.5, 0.6) is 0 Å². The van der Waals surface area contributed by atoms with Gasteiger partial charge in [0.05, 0.1) is 16.9 Å². The van der Waals surface area contributed by atoms with Crippen LogP contribution in [0.4, 0.5) is 0 Å². The molecule has 108 valence electrons. The fraction of sp³-hybridized carbons (Fsp3) is 0.588. The Kier molecular flexibility index (Phi) is 3.76. The maximum atomic E-state index is 6.16. The van der Waals surface area contributed by atoms with Crippen molar-refractivity contribution in [2.24, 2.45) is 11.8 Å². The van der Waals surface area contributed by atoms with E-state index < -0.39 is 0 Å². The number of benzene rings is 1. The third kappa shape index (κ3) is 2.24. The SMILES string of the molecule is Cc1cccc2nc(CCl)n(C3CCC(C)C(C)C3)c12. The van der Waals surface area contributed by atoms with Crippen LogP contribution in [0.15, 0.2) is 18.2 Å². The van der Waals surface area contributed by atoms with Crippen LogP contribution in [-0.2, 0) is 5.88 Å². The van der Waals surface area contributed by atoms with Gasteiger partial charge >= 0.3 is 0 Å². The maximum Gasteiger partial charge on any atom is 0.125 e. The normalized spacial score (nSPS) is 27.1. The molecule has 1 aliphatic rings. The summed E-state index contributed by atoms with van der Waals surface area (Å²) >= 11 is 6.16. The molecule has 2 aromatic rings. The van der Waals surface area contributed by atoms with Crippen LogP contribution in [0, 0.1) is 18.8 Å². The summed E-state index contributed by atoms with van der Waals surface area (Å²) in [6, 6.07) is 6.91. The minimum Gasteiger partial charge on any atom is -0.324 e. The summed E-state index contributed by atoms with van der Waals surface area (Å²) < 4.78 is 2.43. The zero-order valence-electron chi connectivity index (χ0n) is 12.6. The van der Waals surface area contributed by atoms with Gasteiger partial charge in [0.15, 0.2) is 0 Å². The Morgan fingerprint density at radius 3 is 2.75 bits per heavy atom. The van der Waals surface area contributed by atoms with Gasteiger partial charge in [0.2, 0.25) is 0 Å². The van der Waals surface area contributed by atoms with E-state index in [1.807, 2.05) is 0 Å². The van der Waals surface area contributed by atoms with Gasteiger partial charge in [-0.15, -0.1) is 11.6 Å². The minimum absolute atomic E-state index is 0.495. The van der Waals surface area contributed by atoms with E-state index in [4.69, 9.17) is 16.6 Å². The molecule has 1 fully saturated rings. The number of rotatable bonds is 2. The highest BCUT2D eigenvalue weighted by Crippen LogP contribution is 2.39. The molecule has 3 heteroatoms. The molecule has 0 aliphatic heterocycles. The fourth-order valence-electron chi connectivity index (χ4n) is 3.61. The molecule has 1 aromatic heterocycles. The number of alkyl halides is 1. The van der Waals surface area contributed by atoms with Crippen molar-refractivity contribution in [2.45, 2.75) is 52.0 Å². The molecule has 0 N–H and O–H groups in total. The van der Waals surface area contributed by atoms with Gasteiger partial charge in [-0.2, -0.15) is 0 Å². The van der Waals surface area contributed by atoms with Crippen LogP contribution in [0.25, 0.3) is 11.0 Å². The zero-order valence-corrected chi connectivity index (χ0v) is 13.3. The van der Waals surface area contributed by atoms with Gasteiger partial charge in [0.25, 0.3) is 0 Å². The van der Waals surface area contributed by atoms with Crippen molar-refractivity contribution < 1.29 is 0 Å². The molecular weight excluding hydrogens is 268 g/mol. The fourth-order valence-corrected chi connectivity index (χ4v) is 3.80. The van der Waals surface area contributed by atoms with Crippen molar-refractivity contribution in [3.8, 4) is 0 Å². The Labute approximate surface area is 126 Å². The van der Waals surface area contributed by atoms with Crippen molar-refractivity contribution in [3.63, 3.8) is 0 Å². The van der Waals surface area contributed by atoms with E-state index in [2.05, 4.69) is 43.5 Å². The van der Waals surface area contributed by atoms with E-state index in [0.29, 0.717) is 11.9 Å². The largest absolute Gasteiger partial charge is 0.324 e. The number of fused-ring (bicyclic) bond motifs is 1. The average Bonchev–Trinajstić information content (AvgIpc) is 2.82. The van der Waals surface area contributed by atoms with E-state index in [0.717, 1.165) is 23.2 Å². The molecule has 0 amide bonds. The van der Waals surface area contributed by atoms with Crippen LogP contribution in [0.2, 0.25) is 0 Å². The van der Waals surface area contributed by atoms with E-state index in [1.54, 1.807) is 0 Å². The first-order valence-electron chi connectivity index (χ1n) is 7.64. The van der Waals surface area contributed by atoms with Gasteiger partial charge in [0, 0.05) is 6.04 Å². The molecule has 0 spiro atoms. The maximum absolute atomic E-state index is 6.16. The van der Waals surface area contributed by atoms with Crippen LogP contribution >= 0.6 is 11.6 Å². The number of para-hydroxylation sites is 1. The molecule has 0 bridgehead atoms.